The molecule has 0 aliphatic heterocycles. The summed E-state index contributed by atoms with van der Waals surface area (Å²) in [5.74, 6) is -0.581. The zero-order valence-corrected chi connectivity index (χ0v) is 9.45. The van der Waals surface area contributed by atoms with Crippen molar-refractivity contribution >= 4 is 11.6 Å². The van der Waals surface area contributed by atoms with E-state index in [9.17, 15) is 23.1 Å². The van der Waals surface area contributed by atoms with Gasteiger partial charge in [-0.2, -0.15) is 13.2 Å². The first kappa shape index (κ1) is 14.2. The van der Waals surface area contributed by atoms with E-state index in [1.54, 1.807) is 0 Å². The highest BCUT2D eigenvalue weighted by Gasteiger charge is 2.32. The molecule has 1 atom stereocenters. The van der Waals surface area contributed by atoms with Gasteiger partial charge in [-0.25, -0.2) is 4.98 Å². The predicted molar refractivity (Wildman–Crippen MR) is 57.8 cm³/mol. The summed E-state index contributed by atoms with van der Waals surface area (Å²) in [6.45, 7) is -0.118. The third kappa shape index (κ3) is 3.88. The number of rotatable bonds is 4. The Labute approximate surface area is 101 Å². The third-order valence-corrected chi connectivity index (χ3v) is 2.10. The maximum Gasteiger partial charge on any atom is 0.433 e. The number of alkyl halides is 3. The number of amides is 1. The Morgan fingerprint density at radius 3 is 2.61 bits per heavy atom. The first-order valence-corrected chi connectivity index (χ1v) is 5.01. The van der Waals surface area contributed by atoms with Crippen molar-refractivity contribution in [3.05, 3.63) is 24.0 Å². The Morgan fingerprint density at radius 2 is 2.17 bits per heavy atom. The maximum atomic E-state index is 12.2. The van der Waals surface area contributed by atoms with Gasteiger partial charge in [0.2, 0.25) is 5.91 Å². The average molecular weight is 263 g/mol. The minimum atomic E-state index is -4.49. The van der Waals surface area contributed by atoms with E-state index in [1.807, 2.05) is 0 Å². The Balaban J connectivity index is 2.57. The molecule has 0 aliphatic carbocycles. The lowest BCUT2D eigenvalue weighted by Gasteiger charge is -2.12. The van der Waals surface area contributed by atoms with Gasteiger partial charge in [0.15, 0.2) is 0 Å². The maximum absolute atomic E-state index is 12.2. The highest BCUT2D eigenvalue weighted by atomic mass is 19.4. The van der Waals surface area contributed by atoms with Crippen molar-refractivity contribution in [3.63, 3.8) is 0 Å². The lowest BCUT2D eigenvalue weighted by Crippen LogP contribution is -2.36. The first-order valence-electron chi connectivity index (χ1n) is 5.01. The van der Waals surface area contributed by atoms with Crippen molar-refractivity contribution in [2.75, 3.05) is 18.9 Å². The molecule has 1 amide bonds. The minimum Gasteiger partial charge on any atom is -0.381 e. The van der Waals surface area contributed by atoms with Crippen molar-refractivity contribution in [2.24, 2.45) is 0 Å². The molecule has 0 saturated heterocycles. The molecular weight excluding hydrogens is 251 g/mol. The Kier molecular flexibility index (Phi) is 4.49. The molecule has 1 heterocycles. The van der Waals surface area contributed by atoms with Gasteiger partial charge >= 0.3 is 6.18 Å². The van der Waals surface area contributed by atoms with Crippen LogP contribution in [0.1, 0.15) is 5.69 Å². The molecule has 0 aliphatic rings. The van der Waals surface area contributed by atoms with Gasteiger partial charge in [0.25, 0.3) is 0 Å². The summed E-state index contributed by atoms with van der Waals surface area (Å²) in [5, 5.41) is 14.1. The third-order valence-electron chi connectivity index (χ3n) is 2.10. The van der Waals surface area contributed by atoms with E-state index in [1.165, 1.54) is 13.1 Å². The molecule has 0 aromatic carbocycles. The Hall–Kier alpha value is -1.83. The van der Waals surface area contributed by atoms with Gasteiger partial charge in [-0.3, -0.25) is 4.79 Å². The van der Waals surface area contributed by atoms with Gasteiger partial charge in [-0.1, -0.05) is 0 Å². The molecule has 1 rings (SSSR count). The number of nitrogens with zero attached hydrogens (tertiary/aromatic N) is 1. The van der Waals surface area contributed by atoms with Crippen molar-refractivity contribution in [3.8, 4) is 0 Å². The predicted octanol–water partition coefficient (Wildman–Crippen LogP) is 0.619. The van der Waals surface area contributed by atoms with E-state index in [2.05, 4.69) is 15.6 Å². The van der Waals surface area contributed by atoms with Crippen LogP contribution in [0.15, 0.2) is 18.3 Å². The SMILES string of the molecule is CNC(=O)C(O)CNc1ccc(C(F)(F)F)nc1. The van der Waals surface area contributed by atoms with Gasteiger partial charge in [0, 0.05) is 13.6 Å². The standard InChI is InChI=1S/C10H12F3N3O2/c1-14-9(18)7(17)5-15-6-2-3-8(16-4-6)10(11,12)13/h2-4,7,15,17H,5H2,1H3,(H,14,18). The van der Waals surface area contributed by atoms with Crippen LogP contribution in [0.25, 0.3) is 0 Å². The molecule has 18 heavy (non-hydrogen) atoms. The molecule has 0 radical (unpaired) electrons. The molecule has 1 aromatic rings. The molecular formula is C10H12F3N3O2. The number of carbonyl (C=O) groups is 1. The van der Waals surface area contributed by atoms with Crippen molar-refractivity contribution in [1.82, 2.24) is 10.3 Å². The number of anilines is 1. The zero-order valence-electron chi connectivity index (χ0n) is 9.45. The monoisotopic (exact) mass is 263 g/mol. The second-order valence-electron chi connectivity index (χ2n) is 3.44. The molecule has 5 nitrogen and oxygen atoms in total. The van der Waals surface area contributed by atoms with Gasteiger partial charge < -0.3 is 15.7 Å². The van der Waals surface area contributed by atoms with Crippen LogP contribution < -0.4 is 10.6 Å². The molecule has 100 valence electrons. The first-order chi connectivity index (χ1) is 8.34. The molecule has 1 unspecified atom stereocenters. The van der Waals surface area contributed by atoms with Gasteiger partial charge in [0.1, 0.15) is 11.8 Å². The van der Waals surface area contributed by atoms with E-state index >= 15 is 0 Å². The van der Waals surface area contributed by atoms with Crippen LogP contribution in [-0.2, 0) is 11.0 Å². The number of pyridine rings is 1. The van der Waals surface area contributed by atoms with Crippen LogP contribution in [-0.4, -0.2) is 35.7 Å². The van der Waals surface area contributed by atoms with E-state index < -0.39 is 23.9 Å². The highest BCUT2D eigenvalue weighted by molar-refractivity contribution is 5.80. The quantitative estimate of drug-likeness (QED) is 0.744. The summed E-state index contributed by atoms with van der Waals surface area (Å²) in [4.78, 5) is 14.2. The molecule has 0 saturated carbocycles. The number of halogens is 3. The fourth-order valence-electron chi connectivity index (χ4n) is 1.14. The van der Waals surface area contributed by atoms with E-state index in [0.717, 1.165) is 12.3 Å². The van der Waals surface area contributed by atoms with Gasteiger partial charge in [0.05, 0.1) is 11.9 Å². The lowest BCUT2D eigenvalue weighted by atomic mass is 10.3. The molecule has 1 aromatic heterocycles. The Bertz CT molecular complexity index is 406. The summed E-state index contributed by atoms with van der Waals surface area (Å²) in [6.07, 6.45) is -4.78. The smallest absolute Gasteiger partial charge is 0.381 e. The number of aliphatic hydroxyl groups excluding tert-OH is 1. The van der Waals surface area contributed by atoms with Crippen LogP contribution in [0.3, 0.4) is 0 Å². The van der Waals surface area contributed by atoms with Crippen LogP contribution in [0.2, 0.25) is 0 Å². The normalized spacial score (nSPS) is 12.9. The van der Waals surface area contributed by atoms with Crippen LogP contribution >= 0.6 is 0 Å². The Morgan fingerprint density at radius 1 is 1.50 bits per heavy atom. The summed E-state index contributed by atoms with van der Waals surface area (Å²) >= 11 is 0. The minimum absolute atomic E-state index is 0.118. The van der Waals surface area contributed by atoms with E-state index in [-0.39, 0.29) is 12.2 Å². The summed E-state index contributed by atoms with van der Waals surface area (Å²) in [7, 11) is 1.37. The van der Waals surface area contributed by atoms with E-state index in [0.29, 0.717) is 0 Å². The molecule has 0 fully saturated rings. The number of likely N-dealkylation sites (N-methyl/N-ethyl adjacent to an activating group) is 1. The zero-order chi connectivity index (χ0) is 13.8. The largest absolute Gasteiger partial charge is 0.433 e. The van der Waals surface area contributed by atoms with Crippen LogP contribution in [0, 0.1) is 0 Å². The lowest BCUT2D eigenvalue weighted by molar-refractivity contribution is -0.141. The van der Waals surface area contributed by atoms with Crippen LogP contribution in [0.5, 0.6) is 0 Å². The summed E-state index contributed by atoms with van der Waals surface area (Å²) < 4.78 is 36.6. The molecule has 8 heteroatoms. The fourth-order valence-corrected chi connectivity index (χ4v) is 1.14. The van der Waals surface area contributed by atoms with Gasteiger partial charge in [-0.05, 0) is 12.1 Å². The molecule has 3 N–H and O–H groups in total. The molecule has 0 bridgehead atoms. The number of hydrogen-bond donors (Lipinski definition) is 3. The van der Waals surface area contributed by atoms with Crippen molar-refractivity contribution in [1.29, 1.82) is 0 Å². The highest BCUT2D eigenvalue weighted by Crippen LogP contribution is 2.27. The average Bonchev–Trinajstić information content (AvgIpc) is 2.34. The second-order valence-corrected chi connectivity index (χ2v) is 3.44. The fraction of sp³-hybridized carbons (Fsp3) is 0.400. The summed E-state index contributed by atoms with van der Waals surface area (Å²) in [5.41, 5.74) is -0.717. The number of nitrogens with one attached hydrogen (secondary N) is 2. The topological polar surface area (TPSA) is 74.2 Å². The van der Waals surface area contributed by atoms with Crippen molar-refractivity contribution in [2.45, 2.75) is 12.3 Å². The number of hydrogen-bond acceptors (Lipinski definition) is 4. The summed E-state index contributed by atoms with van der Waals surface area (Å²) in [6, 6.07) is 1.99. The van der Waals surface area contributed by atoms with Crippen molar-refractivity contribution < 1.29 is 23.1 Å². The number of aromatic nitrogens is 1. The van der Waals surface area contributed by atoms with E-state index in [4.69, 9.17) is 0 Å². The van der Waals surface area contributed by atoms with Crippen LogP contribution in [0.4, 0.5) is 18.9 Å². The van der Waals surface area contributed by atoms with Gasteiger partial charge in [-0.15, -0.1) is 0 Å². The molecule has 0 spiro atoms. The second kappa shape index (κ2) is 5.67. The number of carbonyl (C=O) groups excluding carboxylic acids is 1. The number of aliphatic hydroxyl groups is 1.